The Kier molecular flexibility index (Phi) is 5.05. The average Bonchev–Trinajstić information content (AvgIpc) is 2.97. The monoisotopic (exact) mass is 322 g/mol. The van der Waals surface area contributed by atoms with E-state index in [0.29, 0.717) is 18.8 Å². The third kappa shape index (κ3) is 3.77. The number of hydrogen-bond donors (Lipinski definition) is 1. The smallest absolute Gasteiger partial charge is 0.140 e. The lowest BCUT2D eigenvalue weighted by atomic mass is 10.1. The molecule has 124 valence electrons. The Bertz CT molecular complexity index is 632. The summed E-state index contributed by atoms with van der Waals surface area (Å²) >= 11 is 0. The first kappa shape index (κ1) is 16.1. The van der Waals surface area contributed by atoms with Crippen LogP contribution in [0, 0.1) is 11.6 Å². The Morgan fingerprint density at radius 3 is 2.26 bits per heavy atom. The Labute approximate surface area is 133 Å². The molecule has 1 fully saturated rings. The maximum Gasteiger partial charge on any atom is 0.140 e. The number of β-amino-alcohol motifs (C(OH)–C–C–N with tert-alkyl or cyclic N) is 1. The van der Waals surface area contributed by atoms with Crippen molar-refractivity contribution in [3.63, 3.8) is 0 Å². The predicted octanol–water partition coefficient (Wildman–Crippen LogP) is 2.33. The maximum atomic E-state index is 13.8. The molecule has 3 rings (SSSR count). The van der Waals surface area contributed by atoms with Crippen LogP contribution in [0.1, 0.15) is 5.76 Å². The van der Waals surface area contributed by atoms with E-state index < -0.39 is 11.6 Å². The van der Waals surface area contributed by atoms with E-state index in [2.05, 4.69) is 9.80 Å². The molecule has 2 heterocycles. The third-order valence-corrected chi connectivity index (χ3v) is 4.13. The number of furan rings is 1. The van der Waals surface area contributed by atoms with Gasteiger partial charge >= 0.3 is 0 Å². The fraction of sp³-hybridized carbons (Fsp3) is 0.412. The lowest BCUT2D eigenvalue weighted by Gasteiger charge is -2.33. The van der Waals surface area contributed by atoms with Gasteiger partial charge in [-0.25, -0.2) is 8.78 Å². The summed E-state index contributed by atoms with van der Waals surface area (Å²) < 4.78 is 33.2. The molecule has 0 bridgehead atoms. The van der Waals surface area contributed by atoms with E-state index in [9.17, 15) is 8.78 Å². The Morgan fingerprint density at radius 2 is 1.61 bits per heavy atom. The molecule has 23 heavy (non-hydrogen) atoms. The second-order valence-corrected chi connectivity index (χ2v) is 5.70. The topological polar surface area (TPSA) is 39.9 Å². The molecule has 1 aromatic carbocycles. The van der Waals surface area contributed by atoms with Crippen LogP contribution in [-0.4, -0.2) is 54.2 Å². The normalized spacial score (nSPS) is 16.8. The van der Waals surface area contributed by atoms with Gasteiger partial charge < -0.3 is 9.52 Å². The van der Waals surface area contributed by atoms with Crippen LogP contribution in [-0.2, 0) is 6.54 Å². The first-order valence-electron chi connectivity index (χ1n) is 7.76. The third-order valence-electron chi connectivity index (χ3n) is 4.13. The minimum absolute atomic E-state index is 0.119. The summed E-state index contributed by atoms with van der Waals surface area (Å²) in [6.45, 7) is 5.05. The van der Waals surface area contributed by atoms with Crippen molar-refractivity contribution in [2.45, 2.75) is 6.54 Å². The van der Waals surface area contributed by atoms with Crippen molar-refractivity contribution in [2.24, 2.45) is 0 Å². The highest BCUT2D eigenvalue weighted by Crippen LogP contribution is 2.28. The number of benzene rings is 1. The fourth-order valence-electron chi connectivity index (χ4n) is 2.86. The summed E-state index contributed by atoms with van der Waals surface area (Å²) in [5.41, 5.74) is -0.119. The molecule has 1 saturated heterocycles. The second-order valence-electron chi connectivity index (χ2n) is 5.70. The van der Waals surface area contributed by atoms with Crippen molar-refractivity contribution in [1.29, 1.82) is 0 Å². The molecule has 0 spiro atoms. The molecule has 0 saturated carbocycles. The van der Waals surface area contributed by atoms with Gasteiger partial charge in [0.1, 0.15) is 23.2 Å². The first-order chi connectivity index (χ1) is 11.2. The Balaban J connectivity index is 1.64. The van der Waals surface area contributed by atoms with Gasteiger partial charge in [0.2, 0.25) is 0 Å². The first-order valence-corrected chi connectivity index (χ1v) is 7.76. The highest BCUT2D eigenvalue weighted by atomic mass is 19.1. The highest BCUT2D eigenvalue weighted by molar-refractivity contribution is 5.59. The molecule has 0 atom stereocenters. The van der Waals surface area contributed by atoms with Crippen molar-refractivity contribution in [1.82, 2.24) is 9.80 Å². The van der Waals surface area contributed by atoms with Gasteiger partial charge in [-0.05, 0) is 24.3 Å². The van der Waals surface area contributed by atoms with E-state index in [4.69, 9.17) is 9.52 Å². The zero-order valence-corrected chi connectivity index (χ0v) is 12.8. The molecular weight excluding hydrogens is 302 g/mol. The van der Waals surface area contributed by atoms with Crippen molar-refractivity contribution in [3.05, 3.63) is 47.7 Å². The number of aliphatic hydroxyl groups excluding tert-OH is 1. The number of rotatable bonds is 5. The zero-order chi connectivity index (χ0) is 16.2. The summed E-state index contributed by atoms with van der Waals surface area (Å²) in [4.78, 5) is 4.44. The van der Waals surface area contributed by atoms with Crippen LogP contribution >= 0.6 is 0 Å². The van der Waals surface area contributed by atoms with Crippen LogP contribution < -0.4 is 0 Å². The number of halogens is 2. The van der Waals surface area contributed by atoms with Gasteiger partial charge in [0.25, 0.3) is 0 Å². The van der Waals surface area contributed by atoms with E-state index in [0.717, 1.165) is 26.2 Å². The van der Waals surface area contributed by atoms with Gasteiger partial charge in [-0.2, -0.15) is 0 Å². The standard InChI is InChI=1S/C17H20F2N2O2/c18-14-2-1-3-15(19)17(14)16-5-4-13(23-16)12-21-8-6-20(7-9-21)10-11-22/h1-5,22H,6-12H2. The molecule has 1 aliphatic rings. The molecule has 0 aliphatic carbocycles. The average molecular weight is 322 g/mol. The molecule has 0 amide bonds. The van der Waals surface area contributed by atoms with Crippen molar-refractivity contribution >= 4 is 0 Å². The van der Waals surface area contributed by atoms with Gasteiger partial charge in [-0.15, -0.1) is 0 Å². The van der Waals surface area contributed by atoms with Crippen LogP contribution in [0.3, 0.4) is 0 Å². The SMILES string of the molecule is OCCN1CCN(Cc2ccc(-c3c(F)cccc3F)o2)CC1. The molecule has 1 aliphatic heterocycles. The van der Waals surface area contributed by atoms with Gasteiger partial charge in [0, 0.05) is 32.7 Å². The van der Waals surface area contributed by atoms with Gasteiger partial charge in [0.05, 0.1) is 18.7 Å². The van der Waals surface area contributed by atoms with Crippen molar-refractivity contribution < 1.29 is 18.3 Å². The van der Waals surface area contributed by atoms with Crippen LogP contribution in [0.5, 0.6) is 0 Å². The Morgan fingerprint density at radius 1 is 0.957 bits per heavy atom. The van der Waals surface area contributed by atoms with E-state index in [-0.39, 0.29) is 17.9 Å². The van der Waals surface area contributed by atoms with Crippen LogP contribution in [0.15, 0.2) is 34.7 Å². The van der Waals surface area contributed by atoms with Crippen molar-refractivity contribution in [3.8, 4) is 11.3 Å². The summed E-state index contributed by atoms with van der Waals surface area (Å²) in [5.74, 6) is -0.334. The molecule has 4 nitrogen and oxygen atoms in total. The van der Waals surface area contributed by atoms with Gasteiger partial charge in [-0.1, -0.05) is 6.07 Å². The van der Waals surface area contributed by atoms with Crippen LogP contribution in [0.25, 0.3) is 11.3 Å². The Hall–Kier alpha value is -1.76. The largest absolute Gasteiger partial charge is 0.460 e. The molecule has 0 unspecified atom stereocenters. The second kappa shape index (κ2) is 7.21. The zero-order valence-electron chi connectivity index (χ0n) is 12.8. The van der Waals surface area contributed by atoms with E-state index in [1.807, 2.05) is 0 Å². The number of aliphatic hydroxyl groups is 1. The number of piperazine rings is 1. The van der Waals surface area contributed by atoms with E-state index >= 15 is 0 Å². The molecular formula is C17H20F2N2O2. The predicted molar refractivity (Wildman–Crippen MR) is 82.9 cm³/mol. The lowest BCUT2D eigenvalue weighted by molar-refractivity contribution is 0.104. The van der Waals surface area contributed by atoms with E-state index in [1.54, 1.807) is 12.1 Å². The minimum atomic E-state index is -0.622. The quantitative estimate of drug-likeness (QED) is 0.917. The summed E-state index contributed by atoms with van der Waals surface area (Å²) in [7, 11) is 0. The number of hydrogen-bond acceptors (Lipinski definition) is 4. The maximum absolute atomic E-state index is 13.8. The highest BCUT2D eigenvalue weighted by Gasteiger charge is 2.19. The molecule has 1 N–H and O–H groups in total. The number of nitrogens with zero attached hydrogens (tertiary/aromatic N) is 2. The molecule has 2 aromatic rings. The van der Waals surface area contributed by atoms with Crippen molar-refractivity contribution in [2.75, 3.05) is 39.3 Å². The molecule has 1 aromatic heterocycles. The fourth-order valence-corrected chi connectivity index (χ4v) is 2.86. The van der Waals surface area contributed by atoms with Crippen LogP contribution in [0.4, 0.5) is 8.78 Å². The molecule has 6 heteroatoms. The van der Waals surface area contributed by atoms with Gasteiger partial charge in [-0.3, -0.25) is 9.80 Å². The minimum Gasteiger partial charge on any atom is -0.460 e. The molecule has 0 radical (unpaired) electrons. The summed E-state index contributed by atoms with van der Waals surface area (Å²) in [5, 5.41) is 8.94. The van der Waals surface area contributed by atoms with Gasteiger partial charge in [0.15, 0.2) is 0 Å². The summed E-state index contributed by atoms with van der Waals surface area (Å²) in [6, 6.07) is 7.16. The van der Waals surface area contributed by atoms with E-state index in [1.165, 1.54) is 18.2 Å². The lowest BCUT2D eigenvalue weighted by Crippen LogP contribution is -2.46. The van der Waals surface area contributed by atoms with Crippen LogP contribution in [0.2, 0.25) is 0 Å². The summed E-state index contributed by atoms with van der Waals surface area (Å²) in [6.07, 6.45) is 0.